The number of aliphatic imine (C=N–C) groups is 1. The van der Waals surface area contributed by atoms with Gasteiger partial charge in [-0.25, -0.2) is 10.8 Å². The number of nitrogens with two attached hydrogens (primary N) is 1. The molecule has 0 saturated carbocycles. The van der Waals surface area contributed by atoms with Gasteiger partial charge in [0.1, 0.15) is 5.75 Å². The minimum Gasteiger partial charge on any atom is -0.497 e. The number of halogens is 1. The maximum Gasteiger partial charge on any atom is 0.210 e. The number of benzene rings is 1. The molecular weight excluding hydrogens is 300 g/mol. The summed E-state index contributed by atoms with van der Waals surface area (Å²) in [6.45, 7) is 1.06. The second-order valence-electron chi connectivity index (χ2n) is 3.37. The van der Waals surface area contributed by atoms with Gasteiger partial charge in [-0.05, 0) is 12.1 Å². The smallest absolute Gasteiger partial charge is 0.210 e. The molecule has 0 heterocycles. The number of rotatable bonds is 5. The normalized spacial score (nSPS) is 11.2. The van der Waals surface area contributed by atoms with Gasteiger partial charge in [0.25, 0.3) is 0 Å². The van der Waals surface area contributed by atoms with Gasteiger partial charge in [-0.15, -0.1) is 0 Å². The van der Waals surface area contributed by atoms with Crippen molar-refractivity contribution in [2.45, 2.75) is 0 Å². The van der Waals surface area contributed by atoms with E-state index >= 15 is 0 Å². The Morgan fingerprint density at radius 1 is 1.39 bits per heavy atom. The topological polar surface area (TPSA) is 80.9 Å². The minimum atomic E-state index is 0.465. The molecule has 0 saturated heterocycles. The molecule has 1 rings (SSSR count). The molecule has 0 fully saturated rings. The Balaban J connectivity index is 2.74. The zero-order valence-corrected chi connectivity index (χ0v) is 12.0. The van der Waals surface area contributed by atoms with E-state index in [1.807, 2.05) is 18.2 Å². The molecule has 1 aromatic carbocycles. The summed E-state index contributed by atoms with van der Waals surface area (Å²) in [4.78, 5) is 4.20. The lowest BCUT2D eigenvalue weighted by atomic mass is 10.3. The van der Waals surface area contributed by atoms with Gasteiger partial charge < -0.3 is 14.8 Å². The van der Waals surface area contributed by atoms with Crippen LogP contribution in [-0.2, 0) is 4.74 Å². The third-order valence-electron chi connectivity index (χ3n) is 2.07. The van der Waals surface area contributed by atoms with E-state index in [0.29, 0.717) is 19.1 Å². The quantitative estimate of drug-likeness (QED) is 0.251. The Morgan fingerprint density at radius 3 is 2.78 bits per heavy atom. The highest BCUT2D eigenvalue weighted by Crippen LogP contribution is 2.24. The molecule has 0 radical (unpaired) electrons. The second kappa shape index (κ2) is 7.91. The van der Waals surface area contributed by atoms with Gasteiger partial charge in [-0.3, -0.25) is 5.43 Å². The first-order valence-corrected chi connectivity index (χ1v) is 6.10. The van der Waals surface area contributed by atoms with E-state index in [2.05, 4.69) is 31.7 Å². The molecule has 100 valence electrons. The number of hydrogen-bond donors (Lipinski definition) is 3. The molecule has 0 unspecified atom stereocenters. The van der Waals surface area contributed by atoms with Crippen LogP contribution in [0.5, 0.6) is 5.75 Å². The van der Waals surface area contributed by atoms with E-state index in [-0.39, 0.29) is 0 Å². The number of ether oxygens (including phenoxy) is 2. The van der Waals surface area contributed by atoms with E-state index < -0.39 is 0 Å². The predicted octanol–water partition coefficient (Wildman–Crippen LogP) is 1.34. The molecule has 1 aromatic rings. The zero-order valence-electron chi connectivity index (χ0n) is 10.4. The van der Waals surface area contributed by atoms with E-state index in [1.54, 1.807) is 14.2 Å². The van der Waals surface area contributed by atoms with Crippen molar-refractivity contribution in [3.8, 4) is 5.75 Å². The van der Waals surface area contributed by atoms with Crippen molar-refractivity contribution in [3.05, 3.63) is 22.7 Å². The first-order valence-electron chi connectivity index (χ1n) is 5.31. The monoisotopic (exact) mass is 316 g/mol. The highest BCUT2D eigenvalue weighted by atomic mass is 79.9. The summed E-state index contributed by atoms with van der Waals surface area (Å²) >= 11 is 3.40. The van der Waals surface area contributed by atoms with Crippen LogP contribution in [-0.4, -0.2) is 33.3 Å². The van der Waals surface area contributed by atoms with Crippen LogP contribution in [0.1, 0.15) is 0 Å². The molecule has 7 heteroatoms. The maximum atomic E-state index is 5.38. The first-order chi connectivity index (χ1) is 8.69. The van der Waals surface area contributed by atoms with Crippen molar-refractivity contribution >= 4 is 27.6 Å². The molecule has 4 N–H and O–H groups in total. The number of hydrogen-bond acceptors (Lipinski definition) is 4. The lowest BCUT2D eigenvalue weighted by Gasteiger charge is -2.11. The largest absolute Gasteiger partial charge is 0.497 e. The first kappa shape index (κ1) is 14.7. The molecule has 0 spiro atoms. The summed E-state index contributed by atoms with van der Waals surface area (Å²) in [6, 6.07) is 5.60. The SMILES string of the molecule is COCCN=C(NN)Nc1cc(Br)cc(OC)c1. The molecule has 6 nitrogen and oxygen atoms in total. The molecule has 0 aliphatic heterocycles. The number of hydrazine groups is 1. The fourth-order valence-electron chi connectivity index (χ4n) is 1.26. The lowest BCUT2D eigenvalue weighted by molar-refractivity contribution is 0.208. The van der Waals surface area contributed by atoms with Gasteiger partial charge in [0.2, 0.25) is 5.96 Å². The van der Waals surface area contributed by atoms with Gasteiger partial charge >= 0.3 is 0 Å². The highest BCUT2D eigenvalue weighted by molar-refractivity contribution is 9.10. The Morgan fingerprint density at radius 2 is 2.17 bits per heavy atom. The Hall–Kier alpha value is -1.31. The number of guanidine groups is 1. The van der Waals surface area contributed by atoms with Crippen LogP contribution in [0.3, 0.4) is 0 Å². The summed E-state index contributed by atoms with van der Waals surface area (Å²) in [7, 11) is 3.23. The van der Waals surface area contributed by atoms with Crippen LogP contribution in [0, 0.1) is 0 Å². The third kappa shape index (κ3) is 4.91. The highest BCUT2D eigenvalue weighted by Gasteiger charge is 2.02. The van der Waals surface area contributed by atoms with Gasteiger partial charge in [0, 0.05) is 23.3 Å². The van der Waals surface area contributed by atoms with E-state index in [1.165, 1.54) is 0 Å². The van der Waals surface area contributed by atoms with Crippen LogP contribution in [0.4, 0.5) is 5.69 Å². The molecular formula is C11H17BrN4O2. The molecule has 0 aliphatic rings. The summed E-state index contributed by atoms with van der Waals surface area (Å²) in [5.74, 6) is 6.59. The van der Waals surface area contributed by atoms with Crippen LogP contribution in [0.25, 0.3) is 0 Å². The third-order valence-corrected chi connectivity index (χ3v) is 2.53. The van der Waals surface area contributed by atoms with Crippen LogP contribution in [0.2, 0.25) is 0 Å². The van der Waals surface area contributed by atoms with Gasteiger partial charge in [-0.1, -0.05) is 15.9 Å². The van der Waals surface area contributed by atoms with Crippen LogP contribution in [0.15, 0.2) is 27.7 Å². The van der Waals surface area contributed by atoms with E-state index in [0.717, 1.165) is 15.9 Å². The molecule has 0 bridgehead atoms. The molecule has 0 atom stereocenters. The Bertz CT molecular complexity index is 412. The summed E-state index contributed by atoms with van der Waals surface area (Å²) in [5, 5.41) is 3.05. The average molecular weight is 317 g/mol. The fraction of sp³-hybridized carbons (Fsp3) is 0.364. The molecule has 0 aromatic heterocycles. The fourth-order valence-corrected chi connectivity index (χ4v) is 1.73. The van der Waals surface area contributed by atoms with Crippen LogP contribution >= 0.6 is 15.9 Å². The maximum absolute atomic E-state index is 5.38. The number of nitrogens with zero attached hydrogens (tertiary/aromatic N) is 1. The minimum absolute atomic E-state index is 0.465. The lowest BCUT2D eigenvalue weighted by Crippen LogP contribution is -2.36. The predicted molar refractivity (Wildman–Crippen MR) is 75.8 cm³/mol. The zero-order chi connectivity index (χ0) is 13.4. The van der Waals surface area contributed by atoms with Crippen molar-refractivity contribution in [3.63, 3.8) is 0 Å². The second-order valence-corrected chi connectivity index (χ2v) is 4.29. The standard InChI is InChI=1S/C11H17BrN4O2/c1-17-4-3-14-11(16-13)15-9-5-8(12)6-10(7-9)18-2/h5-7H,3-4,13H2,1-2H3,(H2,14,15,16). The Labute approximate surface area is 115 Å². The molecule has 0 amide bonds. The summed E-state index contributed by atoms with van der Waals surface area (Å²) in [6.07, 6.45) is 0. The molecule has 18 heavy (non-hydrogen) atoms. The van der Waals surface area contributed by atoms with Crippen molar-refractivity contribution < 1.29 is 9.47 Å². The molecule has 0 aliphatic carbocycles. The van der Waals surface area contributed by atoms with Crippen LogP contribution < -0.4 is 21.3 Å². The van der Waals surface area contributed by atoms with Gasteiger partial charge in [0.05, 0.1) is 20.3 Å². The summed E-state index contributed by atoms with van der Waals surface area (Å²) < 4.78 is 11.0. The van der Waals surface area contributed by atoms with Crippen molar-refractivity contribution in [2.75, 3.05) is 32.7 Å². The Kier molecular flexibility index (Phi) is 6.48. The summed E-state index contributed by atoms with van der Waals surface area (Å²) in [5.41, 5.74) is 3.31. The van der Waals surface area contributed by atoms with Crippen molar-refractivity contribution in [1.29, 1.82) is 0 Å². The number of anilines is 1. The van der Waals surface area contributed by atoms with E-state index in [4.69, 9.17) is 15.3 Å². The number of methoxy groups -OCH3 is 2. The van der Waals surface area contributed by atoms with Crippen molar-refractivity contribution in [2.24, 2.45) is 10.8 Å². The average Bonchev–Trinajstić information content (AvgIpc) is 2.37. The number of nitrogens with one attached hydrogen (secondary N) is 2. The van der Waals surface area contributed by atoms with Gasteiger partial charge in [0.15, 0.2) is 0 Å². The van der Waals surface area contributed by atoms with Gasteiger partial charge in [-0.2, -0.15) is 0 Å². The van der Waals surface area contributed by atoms with E-state index in [9.17, 15) is 0 Å². The van der Waals surface area contributed by atoms with Crippen molar-refractivity contribution in [1.82, 2.24) is 5.43 Å².